The maximum atomic E-state index is 13.5. The number of aryl methyl sites for hydroxylation is 1. The molecule has 0 atom stereocenters. The Balaban J connectivity index is 1.73. The van der Waals surface area contributed by atoms with Crippen LogP contribution < -0.4 is 19.8 Å². The number of nitrogens with one attached hydrogen (secondary N) is 1. The van der Waals surface area contributed by atoms with Gasteiger partial charge >= 0.3 is 0 Å². The number of aliphatic hydroxyl groups excluding tert-OH is 1. The summed E-state index contributed by atoms with van der Waals surface area (Å²) in [7, 11) is 1.58. The SMILES string of the molecule is CCOc1nn2c(=N)n(CC(=O)c3cc(OCCCO)c(OC)c(C(C)(C)C)c3)nc2c2c1CCC2. The number of rotatable bonds is 10. The average Bonchev–Trinajstić information content (AvgIpc) is 3.44. The minimum Gasteiger partial charge on any atom is -0.493 e. The Labute approximate surface area is 210 Å². The van der Waals surface area contributed by atoms with Crippen LogP contribution in [0, 0.1) is 5.41 Å². The summed E-state index contributed by atoms with van der Waals surface area (Å²) in [5.41, 5.74) is 3.65. The number of benzene rings is 1. The zero-order chi connectivity index (χ0) is 26.0. The molecule has 0 bridgehead atoms. The van der Waals surface area contributed by atoms with Gasteiger partial charge in [-0.15, -0.1) is 10.2 Å². The number of nitrogens with zero attached hydrogens (tertiary/aromatic N) is 4. The number of ether oxygens (including phenoxy) is 3. The largest absolute Gasteiger partial charge is 0.493 e. The van der Waals surface area contributed by atoms with E-state index in [0.29, 0.717) is 48.2 Å². The number of carbonyl (C=O) groups excluding carboxylic acids is 1. The molecule has 2 N–H and O–H groups in total. The van der Waals surface area contributed by atoms with Crippen molar-refractivity contribution in [2.45, 2.75) is 65.3 Å². The normalized spacial score (nSPS) is 13.2. The minimum atomic E-state index is -0.312. The van der Waals surface area contributed by atoms with E-state index in [0.717, 1.165) is 36.0 Å². The lowest BCUT2D eigenvalue weighted by atomic mass is 9.84. The van der Waals surface area contributed by atoms with Gasteiger partial charge in [0.15, 0.2) is 22.9 Å². The lowest BCUT2D eigenvalue weighted by Crippen LogP contribution is -2.27. The van der Waals surface area contributed by atoms with Crippen LogP contribution in [0.3, 0.4) is 0 Å². The molecule has 0 aliphatic heterocycles. The fourth-order valence-electron chi connectivity index (χ4n) is 4.55. The molecule has 1 aliphatic carbocycles. The summed E-state index contributed by atoms with van der Waals surface area (Å²) in [4.78, 5) is 13.5. The summed E-state index contributed by atoms with van der Waals surface area (Å²) < 4.78 is 20.1. The molecule has 1 aromatic carbocycles. The van der Waals surface area contributed by atoms with Crippen molar-refractivity contribution in [3.8, 4) is 17.4 Å². The molecule has 0 saturated carbocycles. The Morgan fingerprint density at radius 1 is 1.17 bits per heavy atom. The summed E-state index contributed by atoms with van der Waals surface area (Å²) in [6.07, 6.45) is 3.16. The lowest BCUT2D eigenvalue weighted by Gasteiger charge is -2.25. The van der Waals surface area contributed by atoms with E-state index in [1.165, 1.54) is 9.20 Å². The number of ketones is 1. The number of aromatic nitrogens is 4. The van der Waals surface area contributed by atoms with Gasteiger partial charge in [0.2, 0.25) is 11.5 Å². The summed E-state index contributed by atoms with van der Waals surface area (Å²) in [6.45, 7) is 8.70. The van der Waals surface area contributed by atoms with Crippen molar-refractivity contribution in [2.24, 2.45) is 0 Å². The molecule has 10 heteroatoms. The Bertz CT molecular complexity index is 1340. The Morgan fingerprint density at radius 2 is 1.92 bits per heavy atom. The monoisotopic (exact) mass is 497 g/mol. The van der Waals surface area contributed by atoms with Crippen molar-refractivity contribution in [2.75, 3.05) is 26.9 Å². The van der Waals surface area contributed by atoms with E-state index in [9.17, 15) is 4.79 Å². The summed E-state index contributed by atoms with van der Waals surface area (Å²) in [5, 5.41) is 26.9. The predicted octanol–water partition coefficient (Wildman–Crippen LogP) is 2.85. The molecular formula is C26H35N5O5. The molecule has 10 nitrogen and oxygen atoms in total. The highest BCUT2D eigenvalue weighted by molar-refractivity contribution is 5.97. The van der Waals surface area contributed by atoms with Crippen LogP contribution >= 0.6 is 0 Å². The summed E-state index contributed by atoms with van der Waals surface area (Å²) in [6, 6.07) is 3.49. The van der Waals surface area contributed by atoms with Gasteiger partial charge in [0.1, 0.15) is 6.54 Å². The average molecular weight is 498 g/mol. The highest BCUT2D eigenvalue weighted by atomic mass is 16.5. The van der Waals surface area contributed by atoms with Crippen LogP contribution in [-0.4, -0.2) is 57.2 Å². The van der Waals surface area contributed by atoms with Crippen LogP contribution in [-0.2, 0) is 24.8 Å². The van der Waals surface area contributed by atoms with Crippen molar-refractivity contribution in [1.29, 1.82) is 5.41 Å². The third kappa shape index (κ3) is 4.82. The molecular weight excluding hydrogens is 462 g/mol. The second-order valence-corrected chi connectivity index (χ2v) is 9.92. The van der Waals surface area contributed by atoms with Gasteiger partial charge in [-0.1, -0.05) is 20.8 Å². The first kappa shape index (κ1) is 25.7. The minimum absolute atomic E-state index is 0.00656. The predicted molar refractivity (Wildman–Crippen MR) is 133 cm³/mol. The second kappa shape index (κ2) is 10.3. The van der Waals surface area contributed by atoms with E-state index >= 15 is 0 Å². The van der Waals surface area contributed by atoms with E-state index in [2.05, 4.69) is 10.2 Å². The van der Waals surface area contributed by atoms with E-state index in [4.69, 9.17) is 24.7 Å². The fraction of sp³-hybridized carbons (Fsp3) is 0.538. The maximum absolute atomic E-state index is 13.5. The second-order valence-electron chi connectivity index (χ2n) is 9.92. The zero-order valence-corrected chi connectivity index (χ0v) is 21.7. The molecule has 3 aromatic rings. The molecule has 194 valence electrons. The molecule has 0 fully saturated rings. The lowest BCUT2D eigenvalue weighted by molar-refractivity contribution is 0.0964. The Kier molecular flexibility index (Phi) is 7.35. The third-order valence-electron chi connectivity index (χ3n) is 6.32. The molecule has 1 aliphatic rings. The first-order valence-electron chi connectivity index (χ1n) is 12.4. The van der Waals surface area contributed by atoms with Crippen molar-refractivity contribution in [3.63, 3.8) is 0 Å². The highest BCUT2D eigenvalue weighted by Crippen LogP contribution is 2.40. The van der Waals surface area contributed by atoms with Crippen LogP contribution in [0.2, 0.25) is 0 Å². The maximum Gasteiger partial charge on any atom is 0.242 e. The molecule has 0 radical (unpaired) electrons. The van der Waals surface area contributed by atoms with Gasteiger partial charge in [-0.25, -0.2) is 4.68 Å². The van der Waals surface area contributed by atoms with Gasteiger partial charge in [-0.05, 0) is 43.7 Å². The van der Waals surface area contributed by atoms with E-state index in [-0.39, 0.29) is 30.0 Å². The smallest absolute Gasteiger partial charge is 0.242 e. The topological polar surface area (TPSA) is 124 Å². The van der Waals surface area contributed by atoms with Gasteiger partial charge in [0.25, 0.3) is 0 Å². The highest BCUT2D eigenvalue weighted by Gasteiger charge is 2.27. The van der Waals surface area contributed by atoms with Gasteiger partial charge in [-0.3, -0.25) is 10.2 Å². The molecule has 4 rings (SSSR count). The van der Waals surface area contributed by atoms with Crippen molar-refractivity contribution >= 4 is 11.4 Å². The van der Waals surface area contributed by atoms with E-state index in [1.54, 1.807) is 13.2 Å². The number of aliphatic hydroxyl groups is 1. The molecule has 2 heterocycles. The van der Waals surface area contributed by atoms with Crippen LogP contribution in [0.5, 0.6) is 17.4 Å². The van der Waals surface area contributed by atoms with Gasteiger partial charge in [0.05, 0.1) is 20.3 Å². The van der Waals surface area contributed by atoms with Crippen molar-refractivity contribution < 1.29 is 24.1 Å². The standard InChI is InChI=1S/C26H35N5O5/c1-6-35-24-18-10-7-9-17(18)23-28-30(25(27)31(23)29-24)15-20(33)16-13-19(26(2,3)4)22(34-5)21(14-16)36-12-8-11-32/h13-14,27,32H,6-12,15H2,1-5H3. The number of hydrogen-bond acceptors (Lipinski definition) is 8. The van der Waals surface area contributed by atoms with Gasteiger partial charge in [-0.2, -0.15) is 4.52 Å². The Hall–Kier alpha value is -3.40. The summed E-state index contributed by atoms with van der Waals surface area (Å²) >= 11 is 0. The van der Waals surface area contributed by atoms with Gasteiger partial charge in [0, 0.05) is 35.3 Å². The van der Waals surface area contributed by atoms with Crippen LogP contribution in [0.25, 0.3) is 5.65 Å². The number of fused-ring (bicyclic) bond motifs is 3. The fourth-order valence-corrected chi connectivity index (χ4v) is 4.55. The van der Waals surface area contributed by atoms with Crippen LogP contribution in [0.1, 0.15) is 67.6 Å². The van der Waals surface area contributed by atoms with Crippen LogP contribution in [0.4, 0.5) is 0 Å². The molecule has 36 heavy (non-hydrogen) atoms. The molecule has 0 amide bonds. The first-order valence-corrected chi connectivity index (χ1v) is 12.4. The molecule has 0 saturated heterocycles. The molecule has 2 aromatic heterocycles. The third-order valence-corrected chi connectivity index (χ3v) is 6.32. The Morgan fingerprint density at radius 3 is 2.58 bits per heavy atom. The van der Waals surface area contributed by atoms with E-state index < -0.39 is 0 Å². The first-order chi connectivity index (χ1) is 17.2. The molecule has 0 spiro atoms. The van der Waals surface area contributed by atoms with Crippen molar-refractivity contribution in [1.82, 2.24) is 19.4 Å². The zero-order valence-electron chi connectivity index (χ0n) is 21.7. The number of carbonyl (C=O) groups is 1. The quantitative estimate of drug-likeness (QED) is 0.326. The number of methoxy groups -OCH3 is 1. The van der Waals surface area contributed by atoms with Crippen LogP contribution in [0.15, 0.2) is 12.1 Å². The number of Topliss-reactive ketones (excluding diaryl/α,β-unsaturated/α-hetero) is 1. The van der Waals surface area contributed by atoms with Crippen molar-refractivity contribution in [3.05, 3.63) is 40.0 Å². The summed E-state index contributed by atoms with van der Waals surface area (Å²) in [5.74, 6) is 1.35. The van der Waals surface area contributed by atoms with E-state index in [1.807, 2.05) is 33.8 Å². The number of hydrogen-bond donors (Lipinski definition) is 2. The molecule has 0 unspecified atom stereocenters. The van der Waals surface area contributed by atoms with Gasteiger partial charge < -0.3 is 19.3 Å².